The molecule has 0 radical (unpaired) electrons. The van der Waals surface area contributed by atoms with Crippen molar-refractivity contribution in [2.45, 2.75) is 51.5 Å². The Balaban J connectivity index is 0.00000132. The average molecular weight is 493 g/mol. The molecule has 0 amide bonds. The molecule has 0 aromatic carbocycles. The zero-order valence-electron chi connectivity index (χ0n) is 17.6. The zero-order chi connectivity index (χ0) is 21.3. The molecule has 1 aliphatic rings. The van der Waals surface area contributed by atoms with Gasteiger partial charge in [0.1, 0.15) is 0 Å². The van der Waals surface area contributed by atoms with Crippen LogP contribution >= 0.6 is 20.2 Å². The van der Waals surface area contributed by atoms with E-state index in [1.807, 2.05) is 6.07 Å². The van der Waals surface area contributed by atoms with E-state index in [-0.39, 0.29) is 19.2 Å². The van der Waals surface area contributed by atoms with Crippen molar-refractivity contribution in [3.8, 4) is 0 Å². The van der Waals surface area contributed by atoms with Crippen LogP contribution < -0.4 is 26.6 Å². The Kier molecular flexibility index (Phi) is 16.7. The molecule has 2 rings (SSSR count). The van der Waals surface area contributed by atoms with Crippen LogP contribution in [0, 0.1) is 0 Å². The number of ether oxygens (including phenoxy) is 1. The van der Waals surface area contributed by atoms with E-state index in [0.29, 0.717) is 31.3 Å². The molecular formula is C19H37Cl2MnN5O2. The maximum atomic E-state index is 5.89. The van der Waals surface area contributed by atoms with Gasteiger partial charge >= 0.3 is 33.3 Å². The van der Waals surface area contributed by atoms with Gasteiger partial charge in [0.15, 0.2) is 0 Å². The molecule has 171 valence electrons. The summed E-state index contributed by atoms with van der Waals surface area (Å²) in [7, 11) is 9.59. The first kappa shape index (κ1) is 27.2. The molecule has 0 aliphatic carbocycles. The summed E-state index contributed by atoms with van der Waals surface area (Å²) in [5.41, 5.74) is 1.07. The minimum atomic E-state index is 0.00694. The van der Waals surface area contributed by atoms with E-state index in [2.05, 4.69) is 47.4 Å². The molecule has 5 N–H and O–H groups in total. The van der Waals surface area contributed by atoms with Crippen molar-refractivity contribution in [3.63, 3.8) is 0 Å². The monoisotopic (exact) mass is 492 g/mol. The van der Waals surface area contributed by atoms with Crippen molar-refractivity contribution in [3.05, 3.63) is 24.2 Å². The van der Waals surface area contributed by atoms with E-state index >= 15 is 0 Å². The molecule has 1 aliphatic heterocycles. The third-order valence-corrected chi connectivity index (χ3v) is 4.55. The van der Waals surface area contributed by atoms with Gasteiger partial charge in [0, 0.05) is 69.0 Å². The summed E-state index contributed by atoms with van der Waals surface area (Å²) in [4.78, 5) is 0. The second kappa shape index (κ2) is 17.8. The summed E-state index contributed by atoms with van der Waals surface area (Å²) < 4.78 is 11.0. The molecule has 4 atom stereocenters. The summed E-state index contributed by atoms with van der Waals surface area (Å²) in [6, 6.07) is 3.49. The number of rotatable bonds is 4. The summed E-state index contributed by atoms with van der Waals surface area (Å²) in [6.07, 6.45) is 3.41. The number of furan rings is 1. The van der Waals surface area contributed by atoms with Gasteiger partial charge < -0.3 is 35.7 Å². The summed E-state index contributed by atoms with van der Waals surface area (Å²) >= 11 is 0.00694. The molecule has 0 bridgehead atoms. The fourth-order valence-corrected chi connectivity index (χ4v) is 3.04. The van der Waals surface area contributed by atoms with Crippen molar-refractivity contribution >= 4 is 20.2 Å². The fourth-order valence-electron chi connectivity index (χ4n) is 3.04. The van der Waals surface area contributed by atoms with Crippen molar-refractivity contribution in [2.24, 2.45) is 0 Å². The Hall–Kier alpha value is 0.139. The van der Waals surface area contributed by atoms with E-state index in [1.54, 1.807) is 12.5 Å². The first-order valence-corrected chi connectivity index (χ1v) is 13.4. The molecular weight excluding hydrogens is 456 g/mol. The van der Waals surface area contributed by atoms with Gasteiger partial charge in [-0.05, 0) is 26.8 Å². The predicted octanol–water partition coefficient (Wildman–Crippen LogP) is 1.67. The van der Waals surface area contributed by atoms with Gasteiger partial charge in [-0.1, -0.05) is 0 Å². The van der Waals surface area contributed by atoms with Crippen LogP contribution in [0.3, 0.4) is 0 Å². The molecule has 0 spiro atoms. The Morgan fingerprint density at radius 3 is 2.45 bits per heavy atom. The summed E-state index contributed by atoms with van der Waals surface area (Å²) in [5.74, 6) is 0. The van der Waals surface area contributed by atoms with Crippen molar-refractivity contribution in [1.29, 1.82) is 0 Å². The van der Waals surface area contributed by atoms with Crippen molar-refractivity contribution in [1.82, 2.24) is 26.6 Å². The number of hydrogen-bond donors (Lipinski definition) is 5. The first-order chi connectivity index (χ1) is 14.0. The normalized spacial score (nSPS) is 27.9. The standard InChI is InChI=1S/C19H37N5O2.2ClH.Mn/c1-15-9-21-11-19(14-26-13-18-4-7-25-12-18)24-17(3)10-23-16(2)8-20-5-6-22-15;;;/h4,7,12,15-17,19-24H,5-6,8-11,13-14H2,1-3H3;2*1H;/q;;;+2/p-2/t15-,16+,17-,19+;;;/m1.../s1. The predicted molar refractivity (Wildman–Crippen MR) is 117 cm³/mol. The molecule has 10 heteroatoms. The Bertz CT molecular complexity index is 487. The Labute approximate surface area is 190 Å². The molecule has 2 heterocycles. The van der Waals surface area contributed by atoms with Gasteiger partial charge in [-0.2, -0.15) is 0 Å². The Morgan fingerprint density at radius 2 is 1.72 bits per heavy atom. The Morgan fingerprint density at radius 1 is 1.00 bits per heavy atom. The van der Waals surface area contributed by atoms with Crippen LogP contribution in [0.1, 0.15) is 26.3 Å². The van der Waals surface area contributed by atoms with Gasteiger partial charge in [-0.15, -0.1) is 0 Å². The molecule has 7 nitrogen and oxygen atoms in total. The van der Waals surface area contributed by atoms with Crippen LogP contribution in [0.25, 0.3) is 0 Å². The molecule has 1 saturated heterocycles. The number of nitrogens with one attached hydrogen (secondary N) is 5. The molecule has 1 aromatic rings. The van der Waals surface area contributed by atoms with E-state index in [0.717, 1.165) is 44.8 Å². The third kappa shape index (κ3) is 14.7. The topological polar surface area (TPSA) is 82.5 Å². The van der Waals surface area contributed by atoms with Gasteiger partial charge in [0.25, 0.3) is 0 Å². The molecule has 1 fully saturated rings. The maximum absolute atomic E-state index is 5.89. The number of halogens is 2. The number of hydrogen-bond acceptors (Lipinski definition) is 7. The van der Waals surface area contributed by atoms with Gasteiger partial charge in [0.2, 0.25) is 0 Å². The second-order valence-corrected chi connectivity index (χ2v) is 9.44. The van der Waals surface area contributed by atoms with Crippen LogP contribution in [-0.4, -0.2) is 70.0 Å². The molecule has 1 aromatic heterocycles. The van der Waals surface area contributed by atoms with Crippen LogP contribution in [0.4, 0.5) is 0 Å². The quantitative estimate of drug-likeness (QED) is 0.409. The van der Waals surface area contributed by atoms with Crippen LogP contribution in [0.2, 0.25) is 0 Å². The third-order valence-electron chi connectivity index (χ3n) is 4.55. The molecule has 0 unspecified atom stereocenters. The minimum absolute atomic E-state index is 0.00694. The van der Waals surface area contributed by atoms with E-state index in [1.165, 1.54) is 0 Å². The van der Waals surface area contributed by atoms with E-state index in [4.69, 9.17) is 29.4 Å². The SMILES string of the molecule is C[C@@H]1CNC[C@@H](COCc2ccoc2)N[C@H](C)CN[C@@H](C)CNCCN1.[Cl][Mn][Cl]. The molecule has 0 saturated carbocycles. The van der Waals surface area contributed by atoms with Crippen LogP contribution in [0.5, 0.6) is 0 Å². The zero-order valence-corrected chi connectivity index (χ0v) is 20.3. The second-order valence-electron chi connectivity index (χ2n) is 7.49. The average Bonchev–Trinajstić information content (AvgIpc) is 3.19. The van der Waals surface area contributed by atoms with Gasteiger partial charge in [0.05, 0.1) is 25.7 Å². The van der Waals surface area contributed by atoms with Crippen LogP contribution in [-0.2, 0) is 24.5 Å². The van der Waals surface area contributed by atoms with Crippen molar-refractivity contribution < 1.29 is 22.3 Å². The molecule has 29 heavy (non-hydrogen) atoms. The van der Waals surface area contributed by atoms with Gasteiger partial charge in [-0.3, -0.25) is 0 Å². The fraction of sp³-hybridized carbons (Fsp3) is 0.789. The van der Waals surface area contributed by atoms with E-state index < -0.39 is 0 Å². The van der Waals surface area contributed by atoms with E-state index in [9.17, 15) is 0 Å². The van der Waals surface area contributed by atoms with Crippen molar-refractivity contribution in [2.75, 3.05) is 45.9 Å². The summed E-state index contributed by atoms with van der Waals surface area (Å²) in [5, 5.41) is 17.9. The first-order valence-electron chi connectivity index (χ1n) is 10.1. The van der Waals surface area contributed by atoms with Crippen LogP contribution in [0.15, 0.2) is 23.0 Å². The summed E-state index contributed by atoms with van der Waals surface area (Å²) in [6.45, 7) is 13.7. The van der Waals surface area contributed by atoms with Gasteiger partial charge in [-0.25, -0.2) is 0 Å².